The van der Waals surface area contributed by atoms with Gasteiger partial charge in [0.15, 0.2) is 22.7 Å². The van der Waals surface area contributed by atoms with Gasteiger partial charge in [-0.05, 0) is 31.2 Å². The first-order valence-corrected chi connectivity index (χ1v) is 7.48. The fourth-order valence-electron chi connectivity index (χ4n) is 2.55. The molecule has 0 amide bonds. The number of aromatic hydroxyl groups is 1. The molecule has 1 aromatic heterocycles. The first-order chi connectivity index (χ1) is 11.9. The number of carbonyl (C=O) groups is 1. The number of phenolic OH excluding ortho intramolecular Hbond substituents is 1. The van der Waals surface area contributed by atoms with E-state index in [1.54, 1.807) is 12.1 Å². The van der Waals surface area contributed by atoms with Gasteiger partial charge in [-0.2, -0.15) is 0 Å². The fourth-order valence-corrected chi connectivity index (χ4v) is 2.55. The van der Waals surface area contributed by atoms with E-state index >= 15 is 0 Å². The van der Waals surface area contributed by atoms with Crippen molar-refractivity contribution in [2.75, 3.05) is 14.2 Å². The van der Waals surface area contributed by atoms with Gasteiger partial charge >= 0.3 is 0 Å². The van der Waals surface area contributed by atoms with E-state index in [9.17, 15) is 14.7 Å². The fraction of sp³-hybridized carbons (Fsp3) is 0.158. The monoisotopic (exact) mass is 340 g/mol. The van der Waals surface area contributed by atoms with Gasteiger partial charge in [0.25, 0.3) is 0 Å². The second-order valence-electron chi connectivity index (χ2n) is 5.47. The first-order valence-electron chi connectivity index (χ1n) is 7.48. The molecule has 0 spiro atoms. The minimum absolute atomic E-state index is 0.122. The summed E-state index contributed by atoms with van der Waals surface area (Å²) in [6.45, 7) is 1.44. The Kier molecular flexibility index (Phi) is 4.19. The van der Waals surface area contributed by atoms with Gasteiger partial charge in [0.1, 0.15) is 11.3 Å². The molecule has 128 valence electrons. The molecule has 1 N–H and O–H groups in total. The summed E-state index contributed by atoms with van der Waals surface area (Å²) in [7, 11) is 2.82. The zero-order valence-electron chi connectivity index (χ0n) is 14.0. The van der Waals surface area contributed by atoms with Crippen molar-refractivity contribution in [1.29, 1.82) is 0 Å². The molecule has 0 saturated carbocycles. The van der Waals surface area contributed by atoms with E-state index in [1.807, 2.05) is 0 Å². The van der Waals surface area contributed by atoms with Crippen LogP contribution in [0.4, 0.5) is 0 Å². The maximum atomic E-state index is 12.4. The summed E-state index contributed by atoms with van der Waals surface area (Å²) in [4.78, 5) is 23.9. The second-order valence-corrected chi connectivity index (χ2v) is 5.47. The van der Waals surface area contributed by atoms with Crippen LogP contribution >= 0.6 is 0 Å². The molecule has 0 aliphatic carbocycles. The minimum atomic E-state index is -0.239. The molecule has 0 bridgehead atoms. The van der Waals surface area contributed by atoms with Gasteiger partial charge in [-0.3, -0.25) is 9.59 Å². The summed E-state index contributed by atoms with van der Waals surface area (Å²) in [5.41, 5.74) is 1.02. The van der Waals surface area contributed by atoms with Crippen LogP contribution in [-0.2, 0) is 0 Å². The van der Waals surface area contributed by atoms with Crippen LogP contribution < -0.4 is 14.9 Å². The number of ether oxygens (including phenoxy) is 2. The third-order valence-corrected chi connectivity index (χ3v) is 3.90. The molecule has 0 aliphatic rings. The van der Waals surface area contributed by atoms with E-state index in [1.165, 1.54) is 45.4 Å². The highest BCUT2D eigenvalue weighted by Gasteiger charge is 2.15. The molecule has 0 unspecified atom stereocenters. The Bertz CT molecular complexity index is 1010. The Hall–Kier alpha value is -3.28. The number of Topliss-reactive ketones (excluding diaryl/α,β-unsaturated/α-hetero) is 1. The van der Waals surface area contributed by atoms with Crippen LogP contribution in [0.5, 0.6) is 17.2 Å². The van der Waals surface area contributed by atoms with Gasteiger partial charge in [-0.15, -0.1) is 0 Å². The molecular formula is C19H16O6. The van der Waals surface area contributed by atoms with Gasteiger partial charge in [0.2, 0.25) is 5.75 Å². The summed E-state index contributed by atoms with van der Waals surface area (Å²) < 4.78 is 16.1. The summed E-state index contributed by atoms with van der Waals surface area (Å²) >= 11 is 0. The number of ketones is 1. The Balaban J connectivity index is 2.25. The van der Waals surface area contributed by atoms with E-state index in [2.05, 4.69) is 0 Å². The average molecular weight is 340 g/mol. The van der Waals surface area contributed by atoms with Gasteiger partial charge < -0.3 is 19.0 Å². The molecule has 3 rings (SSSR count). The predicted octanol–water partition coefficient (Wildman–Crippen LogP) is 3.39. The molecule has 2 aromatic carbocycles. The maximum absolute atomic E-state index is 12.4. The van der Waals surface area contributed by atoms with Gasteiger partial charge in [-0.1, -0.05) is 6.07 Å². The third kappa shape index (κ3) is 2.94. The van der Waals surface area contributed by atoms with Crippen molar-refractivity contribution < 1.29 is 23.8 Å². The molecule has 3 aromatic rings. The highest BCUT2D eigenvalue weighted by Crippen LogP contribution is 2.40. The molecule has 0 aliphatic heterocycles. The largest absolute Gasteiger partial charge is 0.502 e. The van der Waals surface area contributed by atoms with Crippen molar-refractivity contribution >= 4 is 16.8 Å². The number of phenols is 1. The molecule has 0 radical (unpaired) electrons. The first kappa shape index (κ1) is 16.6. The smallest absolute Gasteiger partial charge is 0.200 e. The van der Waals surface area contributed by atoms with Crippen molar-refractivity contribution in [3.05, 3.63) is 52.2 Å². The van der Waals surface area contributed by atoms with Crippen molar-refractivity contribution in [2.45, 2.75) is 6.92 Å². The number of rotatable bonds is 4. The Morgan fingerprint density at radius 1 is 1.04 bits per heavy atom. The lowest BCUT2D eigenvalue weighted by molar-refractivity contribution is 0.101. The SMILES string of the molecule is COc1cc(-c2cc(=O)c3ccc(C(C)=O)cc3o2)cc(OC)c1O. The summed E-state index contributed by atoms with van der Waals surface area (Å²) in [6.07, 6.45) is 0. The lowest BCUT2D eigenvalue weighted by atomic mass is 10.1. The molecule has 6 nitrogen and oxygen atoms in total. The van der Waals surface area contributed by atoms with Crippen LogP contribution in [0.2, 0.25) is 0 Å². The lowest BCUT2D eigenvalue weighted by Crippen LogP contribution is -2.02. The van der Waals surface area contributed by atoms with Crippen LogP contribution in [-0.4, -0.2) is 25.1 Å². The lowest BCUT2D eigenvalue weighted by Gasteiger charge is -2.11. The highest BCUT2D eigenvalue weighted by atomic mass is 16.5. The molecule has 0 fully saturated rings. The van der Waals surface area contributed by atoms with Crippen LogP contribution in [0.25, 0.3) is 22.3 Å². The zero-order valence-corrected chi connectivity index (χ0v) is 14.0. The molecule has 1 heterocycles. The van der Waals surface area contributed by atoms with Crippen molar-refractivity contribution in [2.24, 2.45) is 0 Å². The van der Waals surface area contributed by atoms with Crippen LogP contribution in [0.15, 0.2) is 45.6 Å². The third-order valence-electron chi connectivity index (χ3n) is 3.90. The van der Waals surface area contributed by atoms with Crippen LogP contribution in [0.3, 0.4) is 0 Å². The number of hydrogen-bond acceptors (Lipinski definition) is 6. The predicted molar refractivity (Wildman–Crippen MR) is 92.7 cm³/mol. The van der Waals surface area contributed by atoms with E-state index < -0.39 is 0 Å². The standard InChI is InChI=1S/C19H16O6/c1-10(20)11-4-5-13-14(21)9-15(25-16(13)6-11)12-7-17(23-2)19(22)18(8-12)24-3/h4-9,22H,1-3H3. The Morgan fingerprint density at radius 3 is 2.24 bits per heavy atom. The number of methoxy groups -OCH3 is 2. The Labute approximate surface area is 143 Å². The number of carbonyl (C=O) groups excluding carboxylic acids is 1. The molecular weight excluding hydrogens is 324 g/mol. The van der Waals surface area contributed by atoms with Crippen molar-refractivity contribution in [3.8, 4) is 28.6 Å². The summed E-state index contributed by atoms with van der Waals surface area (Å²) in [5, 5.41) is 10.4. The normalized spacial score (nSPS) is 10.7. The van der Waals surface area contributed by atoms with Crippen LogP contribution in [0, 0.1) is 0 Å². The zero-order chi connectivity index (χ0) is 18.1. The van der Waals surface area contributed by atoms with E-state index in [4.69, 9.17) is 13.9 Å². The molecule has 25 heavy (non-hydrogen) atoms. The van der Waals surface area contributed by atoms with Gasteiger partial charge in [-0.25, -0.2) is 0 Å². The van der Waals surface area contributed by atoms with E-state index in [0.29, 0.717) is 22.1 Å². The van der Waals surface area contributed by atoms with Crippen molar-refractivity contribution in [1.82, 2.24) is 0 Å². The number of benzene rings is 2. The van der Waals surface area contributed by atoms with E-state index in [-0.39, 0.29) is 34.2 Å². The maximum Gasteiger partial charge on any atom is 0.200 e. The molecule has 6 heteroatoms. The van der Waals surface area contributed by atoms with Crippen molar-refractivity contribution in [3.63, 3.8) is 0 Å². The summed E-state index contributed by atoms with van der Waals surface area (Å²) in [5.74, 6) is 0.387. The van der Waals surface area contributed by atoms with Gasteiger partial charge in [0, 0.05) is 17.2 Å². The number of fused-ring (bicyclic) bond motifs is 1. The Morgan fingerprint density at radius 2 is 1.68 bits per heavy atom. The topological polar surface area (TPSA) is 86.0 Å². The highest BCUT2D eigenvalue weighted by molar-refractivity contribution is 5.97. The van der Waals surface area contributed by atoms with E-state index in [0.717, 1.165) is 0 Å². The molecule has 0 saturated heterocycles. The number of hydrogen-bond donors (Lipinski definition) is 1. The quantitative estimate of drug-likeness (QED) is 0.733. The minimum Gasteiger partial charge on any atom is -0.502 e. The second kappa shape index (κ2) is 6.32. The molecule has 0 atom stereocenters. The van der Waals surface area contributed by atoms with Gasteiger partial charge in [0.05, 0.1) is 19.6 Å². The van der Waals surface area contributed by atoms with Crippen LogP contribution in [0.1, 0.15) is 17.3 Å². The average Bonchev–Trinajstić information content (AvgIpc) is 2.61. The summed E-state index contributed by atoms with van der Waals surface area (Å²) in [6, 6.07) is 9.12.